The van der Waals surface area contributed by atoms with Gasteiger partial charge in [0.15, 0.2) is 0 Å². The molecule has 2 heterocycles. The van der Waals surface area contributed by atoms with Crippen molar-refractivity contribution in [3.8, 4) is 0 Å². The fourth-order valence-electron chi connectivity index (χ4n) is 2.22. The summed E-state index contributed by atoms with van der Waals surface area (Å²) in [7, 11) is 0. The van der Waals surface area contributed by atoms with Crippen LogP contribution in [0.3, 0.4) is 0 Å². The molecule has 3 atom stereocenters. The molecule has 0 aromatic carbocycles. The molecule has 2 saturated heterocycles. The Morgan fingerprint density at radius 1 is 1.55 bits per heavy atom. The first-order valence-corrected chi connectivity index (χ1v) is 4.60. The van der Waals surface area contributed by atoms with E-state index in [1.807, 2.05) is 0 Å². The van der Waals surface area contributed by atoms with E-state index in [1.165, 1.54) is 19.3 Å². The van der Waals surface area contributed by atoms with E-state index in [0.29, 0.717) is 23.1 Å². The Balaban J connectivity index is 1.92. The largest absolute Gasteiger partial charge is 0.393 e. The third kappa shape index (κ3) is 1.40. The smallest absolute Gasteiger partial charge is 0.0731 e. The van der Waals surface area contributed by atoms with Crippen molar-refractivity contribution in [3.63, 3.8) is 0 Å². The zero-order valence-corrected chi connectivity index (χ0v) is 7.27. The van der Waals surface area contributed by atoms with Gasteiger partial charge in [-0.3, -0.25) is 0 Å². The van der Waals surface area contributed by atoms with Gasteiger partial charge < -0.3 is 10.5 Å². The van der Waals surface area contributed by atoms with Crippen LogP contribution in [0.5, 0.6) is 0 Å². The van der Waals surface area contributed by atoms with Gasteiger partial charge in [0, 0.05) is 6.42 Å². The van der Waals surface area contributed by atoms with Crippen molar-refractivity contribution in [1.29, 1.82) is 0 Å². The number of thiocarbonyl (C=S) groups is 1. The van der Waals surface area contributed by atoms with E-state index in [4.69, 9.17) is 22.7 Å². The van der Waals surface area contributed by atoms with Gasteiger partial charge in [0.25, 0.3) is 0 Å². The summed E-state index contributed by atoms with van der Waals surface area (Å²) in [6.45, 7) is 0. The molecule has 2 aliphatic rings. The highest BCUT2D eigenvalue weighted by atomic mass is 32.1. The van der Waals surface area contributed by atoms with E-state index in [-0.39, 0.29) is 0 Å². The van der Waals surface area contributed by atoms with E-state index in [1.54, 1.807) is 0 Å². The molecule has 62 valence electrons. The van der Waals surface area contributed by atoms with Crippen LogP contribution in [0.15, 0.2) is 0 Å². The second-order valence-corrected chi connectivity index (χ2v) is 4.06. The summed E-state index contributed by atoms with van der Waals surface area (Å²) < 4.78 is 5.67. The lowest BCUT2D eigenvalue weighted by Crippen LogP contribution is -2.22. The van der Waals surface area contributed by atoms with Crippen molar-refractivity contribution >= 4 is 17.2 Å². The number of hydrogen-bond acceptors (Lipinski definition) is 2. The maximum absolute atomic E-state index is 5.67. The molecule has 2 rings (SSSR count). The molecule has 3 unspecified atom stereocenters. The van der Waals surface area contributed by atoms with Crippen LogP contribution >= 0.6 is 12.2 Å². The van der Waals surface area contributed by atoms with Crippen molar-refractivity contribution in [2.24, 2.45) is 11.7 Å². The number of hydrogen-bond donors (Lipinski definition) is 1. The second kappa shape index (κ2) is 2.72. The Bertz CT molecular complexity index is 183. The summed E-state index contributed by atoms with van der Waals surface area (Å²) >= 11 is 4.87. The minimum absolute atomic E-state index is 0.474. The molecule has 0 spiro atoms. The van der Waals surface area contributed by atoms with Gasteiger partial charge >= 0.3 is 0 Å². The predicted molar refractivity (Wildman–Crippen MR) is 47.4 cm³/mol. The van der Waals surface area contributed by atoms with Crippen molar-refractivity contribution in [2.45, 2.75) is 37.9 Å². The normalized spacial score (nSPS) is 41.3. The minimum Gasteiger partial charge on any atom is -0.393 e. The van der Waals surface area contributed by atoms with Crippen molar-refractivity contribution in [3.05, 3.63) is 0 Å². The summed E-state index contributed by atoms with van der Waals surface area (Å²) in [5.74, 6) is 0.631. The molecule has 2 aliphatic heterocycles. The molecule has 0 saturated carbocycles. The molecule has 0 aliphatic carbocycles. The number of nitrogens with two attached hydrogens (primary N) is 1. The molecule has 2 nitrogen and oxygen atoms in total. The van der Waals surface area contributed by atoms with Gasteiger partial charge in [0.2, 0.25) is 0 Å². The van der Waals surface area contributed by atoms with E-state index < -0.39 is 0 Å². The van der Waals surface area contributed by atoms with E-state index >= 15 is 0 Å². The lowest BCUT2D eigenvalue weighted by Gasteiger charge is -2.16. The summed E-state index contributed by atoms with van der Waals surface area (Å²) in [6, 6.07) is 0. The highest BCUT2D eigenvalue weighted by molar-refractivity contribution is 7.80. The molecule has 2 fully saturated rings. The van der Waals surface area contributed by atoms with Gasteiger partial charge in [-0.15, -0.1) is 0 Å². The lowest BCUT2D eigenvalue weighted by atomic mass is 9.87. The molecule has 11 heavy (non-hydrogen) atoms. The first-order valence-electron chi connectivity index (χ1n) is 4.19. The first-order chi connectivity index (χ1) is 5.25. The minimum atomic E-state index is 0.474. The zero-order chi connectivity index (χ0) is 7.84. The van der Waals surface area contributed by atoms with Crippen LogP contribution in [0, 0.1) is 5.92 Å². The molecule has 2 N–H and O–H groups in total. The van der Waals surface area contributed by atoms with Crippen LogP contribution in [0.1, 0.15) is 25.7 Å². The monoisotopic (exact) mass is 171 g/mol. The van der Waals surface area contributed by atoms with E-state index in [9.17, 15) is 0 Å². The fraction of sp³-hybridized carbons (Fsp3) is 0.875. The Labute approximate surface area is 72.1 Å². The maximum atomic E-state index is 5.67. The molecule has 0 radical (unpaired) electrons. The van der Waals surface area contributed by atoms with Crippen LogP contribution < -0.4 is 5.73 Å². The number of fused-ring (bicyclic) bond motifs is 2. The highest BCUT2D eigenvalue weighted by Gasteiger charge is 2.40. The van der Waals surface area contributed by atoms with Gasteiger partial charge in [-0.2, -0.15) is 0 Å². The van der Waals surface area contributed by atoms with Crippen LogP contribution in [0.2, 0.25) is 0 Å². The zero-order valence-electron chi connectivity index (χ0n) is 6.45. The van der Waals surface area contributed by atoms with E-state index in [0.717, 1.165) is 6.42 Å². The third-order valence-corrected chi connectivity index (χ3v) is 2.86. The Morgan fingerprint density at radius 2 is 2.36 bits per heavy atom. The second-order valence-electron chi connectivity index (χ2n) is 3.54. The molecule has 0 amide bonds. The van der Waals surface area contributed by atoms with Crippen molar-refractivity contribution in [2.75, 3.05) is 0 Å². The fourth-order valence-corrected chi connectivity index (χ4v) is 2.43. The SMILES string of the molecule is NC(=S)CC1CC2CCC1O2. The number of rotatable bonds is 2. The Kier molecular flexibility index (Phi) is 1.85. The summed E-state index contributed by atoms with van der Waals surface area (Å²) in [4.78, 5) is 0.645. The first kappa shape index (κ1) is 7.50. The van der Waals surface area contributed by atoms with Crippen LogP contribution in [0.4, 0.5) is 0 Å². The topological polar surface area (TPSA) is 35.2 Å². The summed E-state index contributed by atoms with van der Waals surface area (Å²) in [5, 5.41) is 0. The van der Waals surface area contributed by atoms with Crippen LogP contribution in [-0.4, -0.2) is 17.2 Å². The molecule has 0 aromatic rings. The number of ether oxygens (including phenoxy) is 1. The van der Waals surface area contributed by atoms with Gasteiger partial charge in [0.05, 0.1) is 17.2 Å². The lowest BCUT2D eigenvalue weighted by molar-refractivity contribution is 0.0935. The molecule has 0 aromatic heterocycles. The molecule has 2 bridgehead atoms. The van der Waals surface area contributed by atoms with Gasteiger partial charge in [-0.25, -0.2) is 0 Å². The maximum Gasteiger partial charge on any atom is 0.0731 e. The van der Waals surface area contributed by atoms with E-state index in [2.05, 4.69) is 0 Å². The van der Waals surface area contributed by atoms with Crippen molar-refractivity contribution in [1.82, 2.24) is 0 Å². The van der Waals surface area contributed by atoms with Gasteiger partial charge in [0.1, 0.15) is 0 Å². The standard InChI is InChI=1S/C8H13NOS/c9-8(11)4-5-3-6-1-2-7(5)10-6/h5-7H,1-4H2,(H2,9,11). The van der Waals surface area contributed by atoms with Crippen LogP contribution in [-0.2, 0) is 4.74 Å². The average Bonchev–Trinajstić information content (AvgIpc) is 2.45. The third-order valence-electron chi connectivity index (χ3n) is 2.70. The van der Waals surface area contributed by atoms with Crippen LogP contribution in [0.25, 0.3) is 0 Å². The molecule has 3 heteroatoms. The Morgan fingerprint density at radius 3 is 2.82 bits per heavy atom. The van der Waals surface area contributed by atoms with Gasteiger partial charge in [-0.1, -0.05) is 12.2 Å². The highest BCUT2D eigenvalue weighted by Crippen LogP contribution is 2.40. The average molecular weight is 171 g/mol. The van der Waals surface area contributed by atoms with Crippen molar-refractivity contribution < 1.29 is 4.74 Å². The Hall–Kier alpha value is -0.150. The quantitative estimate of drug-likeness (QED) is 0.635. The molecular weight excluding hydrogens is 158 g/mol. The summed E-state index contributed by atoms with van der Waals surface area (Å²) in [6.07, 6.45) is 5.54. The predicted octanol–water partition coefficient (Wildman–Crippen LogP) is 1.23. The summed E-state index contributed by atoms with van der Waals surface area (Å²) in [5.41, 5.74) is 5.48. The van der Waals surface area contributed by atoms with Gasteiger partial charge in [-0.05, 0) is 25.2 Å². The molecular formula is C8H13NOS.